The van der Waals surface area contributed by atoms with Gasteiger partial charge in [0.1, 0.15) is 0 Å². The molecule has 1 saturated carbocycles. The zero-order chi connectivity index (χ0) is 13.2. The standard InChI is InChI=1S/C15H22O4/c1-10(18-14-4-2-3-7-17-14)19-15(16)13-9-11-5-6-12(13)8-11/h5-6,10-14H,2-4,7-9H2,1H3. The molecule has 0 aromatic rings. The van der Waals surface area contributed by atoms with E-state index in [0.717, 1.165) is 38.7 Å². The van der Waals surface area contributed by atoms with Crippen molar-refractivity contribution in [3.05, 3.63) is 12.2 Å². The summed E-state index contributed by atoms with van der Waals surface area (Å²) in [4.78, 5) is 12.1. The van der Waals surface area contributed by atoms with Crippen LogP contribution in [0.25, 0.3) is 0 Å². The topological polar surface area (TPSA) is 44.8 Å². The third kappa shape index (κ3) is 3.00. The fraction of sp³-hybridized carbons (Fsp3) is 0.800. The van der Waals surface area contributed by atoms with Crippen molar-refractivity contribution in [3.8, 4) is 0 Å². The minimum atomic E-state index is -0.515. The maximum atomic E-state index is 12.1. The first-order valence-corrected chi connectivity index (χ1v) is 7.38. The van der Waals surface area contributed by atoms with E-state index < -0.39 is 6.29 Å². The van der Waals surface area contributed by atoms with Gasteiger partial charge >= 0.3 is 5.97 Å². The fourth-order valence-electron chi connectivity index (χ4n) is 3.36. The SMILES string of the molecule is CC(OC(=O)C1CC2C=CC1C2)OC1CCCCO1. The molecule has 0 radical (unpaired) electrons. The highest BCUT2D eigenvalue weighted by atomic mass is 16.8. The summed E-state index contributed by atoms with van der Waals surface area (Å²) in [5.41, 5.74) is 0. The summed E-state index contributed by atoms with van der Waals surface area (Å²) in [6, 6.07) is 0. The lowest BCUT2D eigenvalue weighted by molar-refractivity contribution is -0.246. The molecular formula is C15H22O4. The van der Waals surface area contributed by atoms with Gasteiger partial charge in [0.05, 0.1) is 5.92 Å². The predicted molar refractivity (Wildman–Crippen MR) is 69.1 cm³/mol. The van der Waals surface area contributed by atoms with Crippen LogP contribution in [0.15, 0.2) is 12.2 Å². The molecule has 106 valence electrons. The molecule has 0 aromatic heterocycles. The average molecular weight is 266 g/mol. The molecule has 1 saturated heterocycles. The monoisotopic (exact) mass is 266 g/mol. The summed E-state index contributed by atoms with van der Waals surface area (Å²) in [5.74, 6) is 0.893. The van der Waals surface area contributed by atoms with Crippen LogP contribution in [-0.4, -0.2) is 25.2 Å². The van der Waals surface area contributed by atoms with Gasteiger partial charge in [0.15, 0.2) is 6.29 Å². The Morgan fingerprint density at radius 1 is 1.32 bits per heavy atom. The largest absolute Gasteiger partial charge is 0.436 e. The van der Waals surface area contributed by atoms with E-state index in [4.69, 9.17) is 14.2 Å². The van der Waals surface area contributed by atoms with Gasteiger partial charge in [-0.3, -0.25) is 4.79 Å². The molecule has 3 aliphatic rings. The average Bonchev–Trinajstić information content (AvgIpc) is 3.02. The van der Waals surface area contributed by atoms with E-state index in [1.807, 2.05) is 0 Å². The van der Waals surface area contributed by atoms with Crippen molar-refractivity contribution in [1.82, 2.24) is 0 Å². The van der Waals surface area contributed by atoms with Crippen molar-refractivity contribution in [2.75, 3.05) is 6.61 Å². The molecule has 0 N–H and O–H groups in total. The Labute approximate surface area is 114 Å². The van der Waals surface area contributed by atoms with Crippen molar-refractivity contribution < 1.29 is 19.0 Å². The van der Waals surface area contributed by atoms with E-state index >= 15 is 0 Å². The quantitative estimate of drug-likeness (QED) is 0.446. The smallest absolute Gasteiger partial charge is 0.311 e. The van der Waals surface area contributed by atoms with Gasteiger partial charge in [-0.15, -0.1) is 0 Å². The number of esters is 1. The van der Waals surface area contributed by atoms with Gasteiger partial charge < -0.3 is 14.2 Å². The number of ether oxygens (including phenoxy) is 3. The van der Waals surface area contributed by atoms with Crippen LogP contribution in [0, 0.1) is 17.8 Å². The van der Waals surface area contributed by atoms with Crippen molar-refractivity contribution in [2.24, 2.45) is 17.8 Å². The second-order valence-electron chi connectivity index (χ2n) is 5.82. The lowest BCUT2D eigenvalue weighted by Gasteiger charge is -2.27. The molecule has 19 heavy (non-hydrogen) atoms. The molecule has 2 fully saturated rings. The van der Waals surface area contributed by atoms with Crippen LogP contribution in [0.2, 0.25) is 0 Å². The Bertz CT molecular complexity index is 359. The summed E-state index contributed by atoms with van der Waals surface area (Å²) < 4.78 is 16.5. The molecule has 0 amide bonds. The number of carbonyl (C=O) groups excluding carboxylic acids is 1. The zero-order valence-corrected chi connectivity index (χ0v) is 11.4. The van der Waals surface area contributed by atoms with Crippen LogP contribution in [-0.2, 0) is 19.0 Å². The number of hydrogen-bond acceptors (Lipinski definition) is 4. The fourth-order valence-corrected chi connectivity index (χ4v) is 3.36. The summed E-state index contributed by atoms with van der Waals surface area (Å²) in [7, 11) is 0. The van der Waals surface area contributed by atoms with Gasteiger partial charge in [-0.05, 0) is 50.9 Å². The van der Waals surface area contributed by atoms with Gasteiger partial charge in [0.2, 0.25) is 6.29 Å². The van der Waals surface area contributed by atoms with Gasteiger partial charge in [0, 0.05) is 6.61 Å². The van der Waals surface area contributed by atoms with E-state index in [9.17, 15) is 4.79 Å². The lowest BCUT2D eigenvalue weighted by atomic mass is 9.94. The van der Waals surface area contributed by atoms with Crippen molar-refractivity contribution in [1.29, 1.82) is 0 Å². The summed E-state index contributed by atoms with van der Waals surface area (Å²) in [6.45, 7) is 2.52. The Hall–Kier alpha value is -0.870. The van der Waals surface area contributed by atoms with Crippen LogP contribution >= 0.6 is 0 Å². The first-order valence-electron chi connectivity index (χ1n) is 7.38. The van der Waals surface area contributed by atoms with Crippen LogP contribution in [0.3, 0.4) is 0 Å². The molecule has 1 heterocycles. The van der Waals surface area contributed by atoms with Crippen LogP contribution in [0.4, 0.5) is 0 Å². The highest BCUT2D eigenvalue weighted by Gasteiger charge is 2.41. The maximum Gasteiger partial charge on any atom is 0.311 e. The van der Waals surface area contributed by atoms with Crippen molar-refractivity contribution >= 4 is 5.97 Å². The molecule has 5 unspecified atom stereocenters. The number of allylic oxidation sites excluding steroid dienone is 2. The molecule has 2 bridgehead atoms. The lowest BCUT2D eigenvalue weighted by Crippen LogP contribution is -2.31. The van der Waals surface area contributed by atoms with Crippen LogP contribution in [0.5, 0.6) is 0 Å². The number of rotatable bonds is 4. The molecule has 3 rings (SSSR count). The van der Waals surface area contributed by atoms with E-state index in [2.05, 4.69) is 12.2 Å². The Morgan fingerprint density at radius 3 is 2.84 bits per heavy atom. The molecule has 4 nitrogen and oxygen atoms in total. The van der Waals surface area contributed by atoms with Gasteiger partial charge in [0.25, 0.3) is 0 Å². The number of hydrogen-bond donors (Lipinski definition) is 0. The summed E-state index contributed by atoms with van der Waals surface area (Å²) in [5, 5.41) is 0. The first-order chi connectivity index (χ1) is 9.22. The maximum absolute atomic E-state index is 12.1. The Balaban J connectivity index is 1.45. The second-order valence-corrected chi connectivity index (χ2v) is 5.82. The zero-order valence-electron chi connectivity index (χ0n) is 11.4. The van der Waals surface area contributed by atoms with Crippen molar-refractivity contribution in [2.45, 2.75) is 51.6 Å². The molecule has 2 aliphatic carbocycles. The van der Waals surface area contributed by atoms with Gasteiger partial charge in [-0.2, -0.15) is 0 Å². The molecule has 4 heteroatoms. The minimum Gasteiger partial charge on any atom is -0.436 e. The summed E-state index contributed by atoms with van der Waals surface area (Å²) in [6.07, 6.45) is 8.80. The predicted octanol–water partition coefficient (Wildman–Crippen LogP) is 2.63. The highest BCUT2D eigenvalue weighted by Crippen LogP contribution is 2.44. The second kappa shape index (κ2) is 5.63. The normalized spacial score (nSPS) is 38.4. The molecular weight excluding hydrogens is 244 g/mol. The number of fused-ring (bicyclic) bond motifs is 2. The Kier molecular flexibility index (Phi) is 3.89. The first kappa shape index (κ1) is 13.1. The Morgan fingerprint density at radius 2 is 2.21 bits per heavy atom. The third-order valence-electron chi connectivity index (χ3n) is 4.35. The van der Waals surface area contributed by atoms with E-state index in [1.165, 1.54) is 0 Å². The third-order valence-corrected chi connectivity index (χ3v) is 4.35. The number of carbonyl (C=O) groups is 1. The van der Waals surface area contributed by atoms with Crippen molar-refractivity contribution in [3.63, 3.8) is 0 Å². The van der Waals surface area contributed by atoms with Gasteiger partial charge in [-0.25, -0.2) is 0 Å². The molecule has 1 aliphatic heterocycles. The van der Waals surface area contributed by atoms with E-state index in [-0.39, 0.29) is 18.2 Å². The van der Waals surface area contributed by atoms with Gasteiger partial charge in [-0.1, -0.05) is 12.2 Å². The van der Waals surface area contributed by atoms with Crippen LogP contribution in [0.1, 0.15) is 39.0 Å². The highest BCUT2D eigenvalue weighted by molar-refractivity contribution is 5.74. The van der Waals surface area contributed by atoms with Crippen LogP contribution < -0.4 is 0 Å². The van der Waals surface area contributed by atoms with E-state index in [0.29, 0.717) is 11.8 Å². The summed E-state index contributed by atoms with van der Waals surface area (Å²) >= 11 is 0. The molecule has 5 atom stereocenters. The minimum absolute atomic E-state index is 0.0355. The molecule has 0 aromatic carbocycles. The van der Waals surface area contributed by atoms with E-state index in [1.54, 1.807) is 6.92 Å². The molecule has 0 spiro atoms.